The Morgan fingerprint density at radius 1 is 0.517 bits per heavy atom. The summed E-state index contributed by atoms with van der Waals surface area (Å²) in [7, 11) is 0. The van der Waals surface area contributed by atoms with Crippen molar-refractivity contribution in [3.8, 4) is 0 Å². The number of rotatable bonds is 22. The first kappa shape index (κ1) is 28.5. The van der Waals surface area contributed by atoms with Crippen LogP contribution in [0, 0.1) is 11.8 Å². The number of esters is 1. The largest absolute Gasteiger partial charge is 0.466 e. The van der Waals surface area contributed by atoms with Crippen LogP contribution in [0.5, 0.6) is 0 Å². The van der Waals surface area contributed by atoms with Crippen LogP contribution in [0.25, 0.3) is 0 Å². The minimum atomic E-state index is 0.0170. The maximum atomic E-state index is 11.8. The van der Waals surface area contributed by atoms with E-state index < -0.39 is 0 Å². The fourth-order valence-corrected chi connectivity index (χ4v) is 3.86. The van der Waals surface area contributed by atoms with Gasteiger partial charge in [0.25, 0.3) is 0 Å². The van der Waals surface area contributed by atoms with Crippen molar-refractivity contribution < 1.29 is 9.53 Å². The van der Waals surface area contributed by atoms with Crippen LogP contribution in [-0.4, -0.2) is 12.6 Å². The van der Waals surface area contributed by atoms with Crippen LogP contribution in [0.3, 0.4) is 0 Å². The Labute approximate surface area is 184 Å². The fraction of sp³-hybridized carbons (Fsp3) is 0.963. The zero-order valence-corrected chi connectivity index (χ0v) is 20.6. The van der Waals surface area contributed by atoms with Crippen molar-refractivity contribution in [2.75, 3.05) is 6.61 Å². The van der Waals surface area contributed by atoms with Gasteiger partial charge in [0.2, 0.25) is 0 Å². The number of carbonyl (C=O) groups excluding carboxylic acids is 1. The molecule has 0 aromatic rings. The molecule has 0 unspecified atom stereocenters. The fourth-order valence-electron chi connectivity index (χ4n) is 3.86. The van der Waals surface area contributed by atoms with Gasteiger partial charge < -0.3 is 4.74 Å². The summed E-state index contributed by atoms with van der Waals surface area (Å²) in [6.45, 7) is 9.86. The van der Waals surface area contributed by atoms with Gasteiger partial charge in [-0.2, -0.15) is 0 Å². The van der Waals surface area contributed by atoms with Crippen molar-refractivity contribution in [1.82, 2.24) is 0 Å². The molecule has 0 saturated carbocycles. The molecule has 0 aliphatic heterocycles. The number of ether oxygens (including phenoxy) is 1. The summed E-state index contributed by atoms with van der Waals surface area (Å²) >= 11 is 0. The summed E-state index contributed by atoms with van der Waals surface area (Å²) in [6, 6.07) is 0. The molecule has 0 aliphatic carbocycles. The summed E-state index contributed by atoms with van der Waals surface area (Å²) in [5, 5.41) is 0. The van der Waals surface area contributed by atoms with Crippen molar-refractivity contribution in [3.05, 3.63) is 0 Å². The van der Waals surface area contributed by atoms with Crippen LogP contribution in [0.2, 0.25) is 0 Å². The lowest BCUT2D eigenvalue weighted by Crippen LogP contribution is -2.05. The molecule has 174 valence electrons. The maximum Gasteiger partial charge on any atom is 0.305 e. The van der Waals surface area contributed by atoms with Gasteiger partial charge in [-0.1, -0.05) is 130 Å². The highest BCUT2D eigenvalue weighted by Crippen LogP contribution is 2.14. The number of carbonyl (C=O) groups is 1. The molecule has 0 aromatic carbocycles. The van der Waals surface area contributed by atoms with E-state index in [9.17, 15) is 4.79 Å². The van der Waals surface area contributed by atoms with Crippen LogP contribution in [0.1, 0.15) is 150 Å². The number of hydrogen-bond donors (Lipinski definition) is 0. The number of hydrogen-bond acceptors (Lipinski definition) is 2. The highest BCUT2D eigenvalue weighted by molar-refractivity contribution is 5.69. The normalized spacial score (nSPS) is 11.5. The zero-order valence-electron chi connectivity index (χ0n) is 20.6. The Morgan fingerprint density at radius 3 is 1.28 bits per heavy atom. The van der Waals surface area contributed by atoms with E-state index in [4.69, 9.17) is 4.74 Å². The van der Waals surface area contributed by atoms with Gasteiger partial charge in [-0.3, -0.25) is 4.79 Å². The molecule has 29 heavy (non-hydrogen) atoms. The van der Waals surface area contributed by atoms with Crippen LogP contribution < -0.4 is 0 Å². The van der Waals surface area contributed by atoms with Gasteiger partial charge in [0.05, 0.1) is 6.61 Å². The second-order valence-corrected chi connectivity index (χ2v) is 9.99. The van der Waals surface area contributed by atoms with Gasteiger partial charge in [0.15, 0.2) is 0 Å². The van der Waals surface area contributed by atoms with Gasteiger partial charge in [0, 0.05) is 6.42 Å². The van der Waals surface area contributed by atoms with Crippen LogP contribution in [0.15, 0.2) is 0 Å². The first-order chi connectivity index (χ1) is 14.0. The van der Waals surface area contributed by atoms with E-state index in [0.29, 0.717) is 13.0 Å². The molecular weight excluding hydrogens is 356 g/mol. The van der Waals surface area contributed by atoms with E-state index >= 15 is 0 Å². The smallest absolute Gasteiger partial charge is 0.305 e. The van der Waals surface area contributed by atoms with Gasteiger partial charge >= 0.3 is 5.97 Å². The van der Waals surface area contributed by atoms with Crippen molar-refractivity contribution in [3.63, 3.8) is 0 Å². The van der Waals surface area contributed by atoms with E-state index in [1.54, 1.807) is 0 Å². The average molecular weight is 411 g/mol. The number of unbranched alkanes of at least 4 members (excludes halogenated alkanes) is 14. The van der Waals surface area contributed by atoms with E-state index in [2.05, 4.69) is 27.7 Å². The lowest BCUT2D eigenvalue weighted by Gasteiger charge is -2.06. The Hall–Kier alpha value is -0.530. The molecule has 0 N–H and O–H groups in total. The summed E-state index contributed by atoms with van der Waals surface area (Å²) < 4.78 is 5.38. The minimum absolute atomic E-state index is 0.0170. The molecule has 0 saturated heterocycles. The molecule has 0 fully saturated rings. The molecule has 0 aliphatic rings. The monoisotopic (exact) mass is 410 g/mol. The van der Waals surface area contributed by atoms with Gasteiger partial charge in [0.1, 0.15) is 0 Å². The molecule has 0 atom stereocenters. The van der Waals surface area contributed by atoms with Crippen LogP contribution in [0.4, 0.5) is 0 Å². The van der Waals surface area contributed by atoms with Crippen molar-refractivity contribution >= 4 is 5.97 Å². The molecule has 0 rings (SSSR count). The standard InChI is InChI=1S/C27H54O2/c1-25(2)21-17-13-9-6-5-7-12-16-20-24-29-27(28)23-19-15-11-8-10-14-18-22-26(3)4/h25-26H,5-24H2,1-4H3. The Morgan fingerprint density at radius 2 is 0.862 bits per heavy atom. The van der Waals surface area contributed by atoms with Crippen molar-refractivity contribution in [1.29, 1.82) is 0 Å². The lowest BCUT2D eigenvalue weighted by atomic mass is 10.0. The highest BCUT2D eigenvalue weighted by Gasteiger charge is 2.03. The molecular formula is C27H54O2. The summed E-state index contributed by atoms with van der Waals surface area (Å²) in [5.74, 6) is 1.72. The molecule has 0 heterocycles. The Kier molecular flexibility index (Phi) is 21.8. The summed E-state index contributed by atoms with van der Waals surface area (Å²) in [4.78, 5) is 11.8. The molecule has 2 nitrogen and oxygen atoms in total. The molecule has 0 aromatic heterocycles. The summed E-state index contributed by atoms with van der Waals surface area (Å²) in [5.41, 5.74) is 0. The molecule has 0 amide bonds. The average Bonchev–Trinajstić information content (AvgIpc) is 2.67. The van der Waals surface area contributed by atoms with E-state index in [1.165, 1.54) is 103 Å². The maximum absolute atomic E-state index is 11.8. The topological polar surface area (TPSA) is 26.3 Å². The third kappa shape index (κ3) is 25.4. The third-order valence-electron chi connectivity index (χ3n) is 5.85. The first-order valence-electron chi connectivity index (χ1n) is 13.2. The van der Waals surface area contributed by atoms with Crippen molar-refractivity contribution in [2.24, 2.45) is 11.8 Å². The highest BCUT2D eigenvalue weighted by atomic mass is 16.5. The zero-order chi connectivity index (χ0) is 21.6. The van der Waals surface area contributed by atoms with E-state index in [-0.39, 0.29) is 5.97 Å². The van der Waals surface area contributed by atoms with Crippen molar-refractivity contribution in [2.45, 2.75) is 150 Å². The predicted molar refractivity (Wildman–Crippen MR) is 128 cm³/mol. The Bertz CT molecular complexity index is 335. The van der Waals surface area contributed by atoms with E-state index in [1.807, 2.05) is 0 Å². The predicted octanol–water partition coefficient (Wildman–Crippen LogP) is 9.25. The second kappa shape index (κ2) is 22.2. The van der Waals surface area contributed by atoms with Gasteiger partial charge in [-0.15, -0.1) is 0 Å². The first-order valence-corrected chi connectivity index (χ1v) is 13.2. The molecule has 0 bridgehead atoms. The molecule has 0 spiro atoms. The molecule has 2 heteroatoms. The van der Waals surface area contributed by atoms with Crippen LogP contribution in [-0.2, 0) is 9.53 Å². The summed E-state index contributed by atoms with van der Waals surface area (Å²) in [6.07, 6.45) is 24.1. The third-order valence-corrected chi connectivity index (χ3v) is 5.85. The second-order valence-electron chi connectivity index (χ2n) is 9.99. The SMILES string of the molecule is CC(C)CCCCCCCCCCCOC(=O)CCCCCCCCCC(C)C. The molecule has 0 radical (unpaired) electrons. The van der Waals surface area contributed by atoms with Crippen LogP contribution >= 0.6 is 0 Å². The van der Waals surface area contributed by atoms with Gasteiger partial charge in [-0.25, -0.2) is 0 Å². The lowest BCUT2D eigenvalue weighted by molar-refractivity contribution is -0.143. The minimum Gasteiger partial charge on any atom is -0.466 e. The Balaban J connectivity index is 3.17. The van der Waals surface area contributed by atoms with Gasteiger partial charge in [-0.05, 0) is 24.7 Å². The quantitative estimate of drug-likeness (QED) is 0.131. The van der Waals surface area contributed by atoms with E-state index in [0.717, 1.165) is 24.7 Å².